The van der Waals surface area contributed by atoms with Crippen LogP contribution in [0.2, 0.25) is 0 Å². The minimum absolute atomic E-state index is 0.198. The molecule has 4 nitrogen and oxygen atoms in total. The Bertz CT molecular complexity index is 644. The number of rotatable bonds is 6. The highest BCUT2D eigenvalue weighted by molar-refractivity contribution is 7.09. The number of benzene rings is 1. The summed E-state index contributed by atoms with van der Waals surface area (Å²) in [5, 5.41) is 2.94. The Kier molecular flexibility index (Phi) is 4.66. The largest absolute Gasteiger partial charge is 0.443 e. The minimum Gasteiger partial charge on any atom is -0.443 e. The number of carbonyl (C=O) groups excluding carboxylic acids is 1. The van der Waals surface area contributed by atoms with Crippen molar-refractivity contribution < 1.29 is 9.53 Å². The Balaban J connectivity index is 2.00. The summed E-state index contributed by atoms with van der Waals surface area (Å²) in [6, 6.07) is 10.1. The molecule has 3 rings (SSSR count). The molecule has 1 saturated heterocycles. The van der Waals surface area contributed by atoms with Crippen molar-refractivity contribution in [3.05, 3.63) is 52.5 Å². The summed E-state index contributed by atoms with van der Waals surface area (Å²) >= 11 is 1.60. The number of hydrogen-bond acceptors (Lipinski definition) is 4. The topological polar surface area (TPSA) is 42.4 Å². The lowest BCUT2D eigenvalue weighted by molar-refractivity contribution is 0.0934. The first-order valence-electron chi connectivity index (χ1n) is 8.10. The zero-order valence-corrected chi connectivity index (χ0v) is 14.4. The highest BCUT2D eigenvalue weighted by atomic mass is 32.1. The number of cyclic esters (lactones) is 1. The number of nitrogens with zero attached hydrogens (tertiary/aromatic N) is 2. The molecule has 0 N–H and O–H groups in total. The molecule has 2 atom stereocenters. The third-order valence-corrected chi connectivity index (χ3v) is 5.49. The third kappa shape index (κ3) is 2.85. The first kappa shape index (κ1) is 16.0. The summed E-state index contributed by atoms with van der Waals surface area (Å²) in [5.74, 6) is 0. The van der Waals surface area contributed by atoms with E-state index in [0.29, 0.717) is 6.54 Å². The molecular weight excluding hydrogens is 308 g/mol. The number of thiazole rings is 1. The van der Waals surface area contributed by atoms with Crippen LogP contribution in [0.3, 0.4) is 0 Å². The summed E-state index contributed by atoms with van der Waals surface area (Å²) < 4.78 is 5.64. The Morgan fingerprint density at radius 1 is 1.35 bits per heavy atom. The highest BCUT2D eigenvalue weighted by Gasteiger charge is 2.55. The number of unbranched alkanes of at least 4 members (excludes halogenated alkanes) is 1. The molecule has 2 unspecified atom stereocenters. The van der Waals surface area contributed by atoms with E-state index in [1.54, 1.807) is 11.3 Å². The smallest absolute Gasteiger partial charge is 0.411 e. The molecule has 1 aromatic carbocycles. The predicted octanol–water partition coefficient (Wildman–Crippen LogP) is 4.57. The monoisotopic (exact) mass is 330 g/mol. The molecule has 0 spiro atoms. The van der Waals surface area contributed by atoms with E-state index in [0.717, 1.165) is 29.8 Å². The fraction of sp³-hybridized carbons (Fsp3) is 0.444. The van der Waals surface area contributed by atoms with Gasteiger partial charge in [0.05, 0.1) is 6.54 Å². The fourth-order valence-electron chi connectivity index (χ4n) is 3.28. The predicted molar refractivity (Wildman–Crippen MR) is 91.2 cm³/mol. The van der Waals surface area contributed by atoms with Crippen LogP contribution in [0.5, 0.6) is 0 Å². The Hall–Kier alpha value is -1.88. The van der Waals surface area contributed by atoms with Crippen molar-refractivity contribution in [1.29, 1.82) is 0 Å². The average molecular weight is 330 g/mol. The van der Waals surface area contributed by atoms with Gasteiger partial charge in [0.1, 0.15) is 16.7 Å². The van der Waals surface area contributed by atoms with Gasteiger partial charge in [0.25, 0.3) is 0 Å². The molecule has 1 aliphatic heterocycles. The number of carbonyl (C=O) groups is 1. The maximum absolute atomic E-state index is 12.5. The van der Waals surface area contributed by atoms with Gasteiger partial charge < -0.3 is 4.74 Å². The van der Waals surface area contributed by atoms with Crippen LogP contribution in [0.15, 0.2) is 41.9 Å². The number of hydrogen-bond donors (Lipinski definition) is 0. The molecule has 2 heterocycles. The summed E-state index contributed by atoms with van der Waals surface area (Å²) in [6.07, 6.45) is 4.35. The second-order valence-corrected chi connectivity index (χ2v) is 6.86. The van der Waals surface area contributed by atoms with Crippen LogP contribution in [0.25, 0.3) is 0 Å². The van der Waals surface area contributed by atoms with Crippen LogP contribution in [-0.2, 0) is 16.8 Å². The summed E-state index contributed by atoms with van der Waals surface area (Å²) in [7, 11) is 0. The summed E-state index contributed by atoms with van der Waals surface area (Å²) in [6.45, 7) is 4.70. The van der Waals surface area contributed by atoms with Gasteiger partial charge in [-0.25, -0.2) is 9.78 Å². The van der Waals surface area contributed by atoms with E-state index in [1.165, 1.54) is 0 Å². The SMILES string of the molecule is CCCCC1(c2nccs2)C(C)OC(=O)N1Cc1ccccc1. The molecule has 1 aromatic heterocycles. The number of amides is 1. The van der Waals surface area contributed by atoms with Gasteiger partial charge in [0.15, 0.2) is 0 Å². The molecule has 5 heteroatoms. The molecule has 1 amide bonds. The van der Waals surface area contributed by atoms with Gasteiger partial charge >= 0.3 is 6.09 Å². The summed E-state index contributed by atoms with van der Waals surface area (Å²) in [5.41, 5.74) is 0.646. The van der Waals surface area contributed by atoms with Gasteiger partial charge in [-0.1, -0.05) is 50.1 Å². The van der Waals surface area contributed by atoms with Gasteiger partial charge in [-0.05, 0) is 18.9 Å². The number of aromatic nitrogens is 1. The maximum atomic E-state index is 12.5. The van der Waals surface area contributed by atoms with Crippen LogP contribution in [0.4, 0.5) is 4.79 Å². The van der Waals surface area contributed by atoms with E-state index in [-0.39, 0.29) is 12.2 Å². The van der Waals surface area contributed by atoms with E-state index in [2.05, 4.69) is 11.9 Å². The average Bonchev–Trinajstić information content (AvgIpc) is 3.16. The zero-order chi connectivity index (χ0) is 16.3. The fourth-order valence-corrected chi connectivity index (χ4v) is 4.24. The summed E-state index contributed by atoms with van der Waals surface area (Å²) in [4.78, 5) is 19.0. The van der Waals surface area contributed by atoms with E-state index in [1.807, 2.05) is 53.7 Å². The van der Waals surface area contributed by atoms with Crippen molar-refractivity contribution in [3.8, 4) is 0 Å². The molecule has 1 aliphatic rings. The van der Waals surface area contributed by atoms with Crippen molar-refractivity contribution >= 4 is 17.4 Å². The van der Waals surface area contributed by atoms with Crippen molar-refractivity contribution in [2.45, 2.75) is 51.3 Å². The third-order valence-electron chi connectivity index (χ3n) is 4.55. The van der Waals surface area contributed by atoms with E-state index >= 15 is 0 Å². The standard InChI is InChI=1S/C18H22N2O2S/c1-3-4-10-18(16-19-11-12-23-16)14(2)22-17(21)20(18)13-15-8-6-5-7-9-15/h5-9,11-12,14H,3-4,10,13H2,1-2H3. The molecule has 0 bridgehead atoms. The van der Waals surface area contributed by atoms with Crippen molar-refractivity contribution in [3.63, 3.8) is 0 Å². The van der Waals surface area contributed by atoms with Gasteiger partial charge in [-0.15, -0.1) is 11.3 Å². The number of ether oxygens (including phenoxy) is 1. The van der Waals surface area contributed by atoms with Gasteiger partial charge in [0.2, 0.25) is 0 Å². The first-order valence-corrected chi connectivity index (χ1v) is 8.98. The van der Waals surface area contributed by atoms with Gasteiger partial charge in [-0.3, -0.25) is 4.90 Å². The Labute approximate surface area is 141 Å². The molecule has 1 fully saturated rings. The molecule has 23 heavy (non-hydrogen) atoms. The van der Waals surface area contributed by atoms with E-state index in [4.69, 9.17) is 4.74 Å². The molecular formula is C18H22N2O2S. The van der Waals surface area contributed by atoms with Crippen LogP contribution in [-0.4, -0.2) is 22.1 Å². The molecule has 0 radical (unpaired) electrons. The van der Waals surface area contributed by atoms with Crippen LogP contribution in [0, 0.1) is 0 Å². The first-order chi connectivity index (χ1) is 11.2. The highest BCUT2D eigenvalue weighted by Crippen LogP contribution is 2.45. The van der Waals surface area contributed by atoms with Crippen LogP contribution < -0.4 is 0 Å². The molecule has 0 aliphatic carbocycles. The lowest BCUT2D eigenvalue weighted by Gasteiger charge is -2.36. The normalized spacial score (nSPS) is 24.0. The van der Waals surface area contributed by atoms with Gasteiger partial charge in [0, 0.05) is 11.6 Å². The Morgan fingerprint density at radius 2 is 2.13 bits per heavy atom. The lowest BCUT2D eigenvalue weighted by Crippen LogP contribution is -2.47. The quantitative estimate of drug-likeness (QED) is 0.779. The zero-order valence-electron chi connectivity index (χ0n) is 13.6. The molecule has 0 saturated carbocycles. The minimum atomic E-state index is -0.461. The second kappa shape index (κ2) is 6.71. The maximum Gasteiger partial charge on any atom is 0.411 e. The van der Waals surface area contributed by atoms with E-state index < -0.39 is 5.54 Å². The Morgan fingerprint density at radius 3 is 2.78 bits per heavy atom. The van der Waals surface area contributed by atoms with Crippen LogP contribution >= 0.6 is 11.3 Å². The lowest BCUT2D eigenvalue weighted by atomic mass is 9.86. The van der Waals surface area contributed by atoms with Crippen molar-refractivity contribution in [2.75, 3.05) is 0 Å². The molecule has 122 valence electrons. The van der Waals surface area contributed by atoms with Crippen molar-refractivity contribution in [1.82, 2.24) is 9.88 Å². The van der Waals surface area contributed by atoms with Crippen molar-refractivity contribution in [2.24, 2.45) is 0 Å². The van der Waals surface area contributed by atoms with Gasteiger partial charge in [-0.2, -0.15) is 0 Å². The molecule has 2 aromatic rings. The van der Waals surface area contributed by atoms with Crippen LogP contribution in [0.1, 0.15) is 43.7 Å². The van der Waals surface area contributed by atoms with E-state index in [9.17, 15) is 4.79 Å². The second-order valence-electron chi connectivity index (χ2n) is 5.96.